The van der Waals surface area contributed by atoms with E-state index in [-0.39, 0.29) is 23.8 Å². The minimum Gasteiger partial charge on any atom is -0.373 e. The summed E-state index contributed by atoms with van der Waals surface area (Å²) in [7, 11) is 0. The van der Waals surface area contributed by atoms with Crippen molar-refractivity contribution < 1.29 is 9.53 Å². The average molecular weight is 488 g/mol. The van der Waals surface area contributed by atoms with Crippen molar-refractivity contribution in [3.8, 4) is 22.5 Å². The van der Waals surface area contributed by atoms with Gasteiger partial charge in [0, 0.05) is 36.7 Å². The highest BCUT2D eigenvalue weighted by Gasteiger charge is 2.19. The van der Waals surface area contributed by atoms with Crippen molar-refractivity contribution in [2.24, 2.45) is 11.3 Å². The Bertz CT molecular complexity index is 1090. The molecule has 2 aromatic carbocycles. The Balaban J connectivity index is 1.72. The molecule has 0 aliphatic rings. The van der Waals surface area contributed by atoms with Gasteiger partial charge in [-0.1, -0.05) is 88.4 Å². The molecule has 1 atom stereocenters. The first kappa shape index (κ1) is 27.5. The number of hydrogen-bond acceptors (Lipinski definition) is 5. The van der Waals surface area contributed by atoms with E-state index in [1.54, 1.807) is 0 Å². The third-order valence-electron chi connectivity index (χ3n) is 6.03. The minimum atomic E-state index is -0.000473. The zero-order valence-electron chi connectivity index (χ0n) is 22.7. The molecule has 0 fully saturated rings. The molecule has 0 bridgehead atoms. The highest BCUT2D eigenvalue weighted by atomic mass is 16.5. The summed E-state index contributed by atoms with van der Waals surface area (Å²) in [5.41, 5.74) is 3.88. The average Bonchev–Trinajstić information content (AvgIpc) is 2.84. The van der Waals surface area contributed by atoms with E-state index in [0.717, 1.165) is 41.3 Å². The van der Waals surface area contributed by atoms with Crippen molar-refractivity contribution in [1.82, 2.24) is 9.97 Å². The first-order valence-corrected chi connectivity index (χ1v) is 13.0. The van der Waals surface area contributed by atoms with Gasteiger partial charge in [-0.25, -0.2) is 4.98 Å². The number of nitrogens with zero attached hydrogens (tertiary/aromatic N) is 3. The molecule has 0 saturated heterocycles. The van der Waals surface area contributed by atoms with Gasteiger partial charge in [-0.15, -0.1) is 0 Å². The molecule has 0 aliphatic heterocycles. The van der Waals surface area contributed by atoms with E-state index >= 15 is 0 Å². The van der Waals surface area contributed by atoms with Gasteiger partial charge in [-0.3, -0.25) is 9.78 Å². The van der Waals surface area contributed by atoms with Crippen molar-refractivity contribution in [2.45, 2.75) is 60.4 Å². The SMILES string of the molecule is CC(CCN(c1cnc(-c2ccccc2)c(-c2ccccc2)n1)C(C)C)COCC(=O)CC(C)(C)C. The van der Waals surface area contributed by atoms with Crippen molar-refractivity contribution in [3.63, 3.8) is 0 Å². The maximum atomic E-state index is 12.1. The summed E-state index contributed by atoms with van der Waals surface area (Å²) < 4.78 is 5.75. The number of carbonyl (C=O) groups is 1. The van der Waals surface area contributed by atoms with Crippen LogP contribution in [0.5, 0.6) is 0 Å². The quantitative estimate of drug-likeness (QED) is 0.273. The van der Waals surface area contributed by atoms with E-state index in [9.17, 15) is 4.79 Å². The van der Waals surface area contributed by atoms with Crippen molar-refractivity contribution in [3.05, 3.63) is 66.9 Å². The van der Waals surface area contributed by atoms with Gasteiger partial charge in [-0.2, -0.15) is 0 Å². The van der Waals surface area contributed by atoms with Crippen LogP contribution in [0.4, 0.5) is 5.82 Å². The lowest BCUT2D eigenvalue weighted by atomic mass is 9.90. The van der Waals surface area contributed by atoms with Gasteiger partial charge in [0.05, 0.1) is 17.6 Å². The molecule has 5 heteroatoms. The maximum Gasteiger partial charge on any atom is 0.158 e. The summed E-state index contributed by atoms with van der Waals surface area (Å²) in [5.74, 6) is 1.37. The standard InChI is InChI=1S/C31H41N3O2/c1-23(2)34(18-17-24(3)21-36-22-27(35)19-31(4,5)6)28-20-32-29(25-13-9-7-10-14-25)30(33-28)26-15-11-8-12-16-26/h7-16,20,23-24H,17-19,21-22H2,1-6H3. The molecule has 0 saturated carbocycles. The number of rotatable bonds is 12. The molecule has 0 radical (unpaired) electrons. The lowest BCUT2D eigenvalue weighted by Gasteiger charge is -2.29. The molecule has 5 nitrogen and oxygen atoms in total. The van der Waals surface area contributed by atoms with Crippen LogP contribution in [-0.2, 0) is 9.53 Å². The molecule has 0 aliphatic carbocycles. The number of anilines is 1. The second-order valence-electron chi connectivity index (χ2n) is 11.1. The molecular weight excluding hydrogens is 446 g/mol. The van der Waals surface area contributed by atoms with E-state index in [0.29, 0.717) is 18.9 Å². The molecule has 0 N–H and O–H groups in total. The van der Waals surface area contributed by atoms with E-state index in [2.05, 4.69) is 70.7 Å². The third-order valence-corrected chi connectivity index (χ3v) is 6.03. The first-order valence-electron chi connectivity index (χ1n) is 13.0. The van der Waals surface area contributed by atoms with Crippen molar-refractivity contribution >= 4 is 11.6 Å². The summed E-state index contributed by atoms with van der Waals surface area (Å²) in [6, 6.07) is 20.7. The summed E-state index contributed by atoms with van der Waals surface area (Å²) in [6.45, 7) is 14.4. The fraction of sp³-hybridized carbons (Fsp3) is 0.452. The number of Topliss-reactive ketones (excluding diaryl/α,β-unsaturated/α-hetero) is 1. The van der Waals surface area contributed by atoms with Crippen LogP contribution in [-0.4, -0.2) is 41.6 Å². The lowest BCUT2D eigenvalue weighted by Crippen LogP contribution is -2.34. The number of ketones is 1. The van der Waals surface area contributed by atoms with E-state index < -0.39 is 0 Å². The van der Waals surface area contributed by atoms with Crippen LogP contribution in [0.2, 0.25) is 0 Å². The zero-order chi connectivity index (χ0) is 26.1. The van der Waals surface area contributed by atoms with E-state index in [4.69, 9.17) is 14.7 Å². The number of hydrogen-bond donors (Lipinski definition) is 0. The van der Waals surface area contributed by atoms with E-state index in [1.807, 2.05) is 42.6 Å². The molecule has 1 unspecified atom stereocenters. The molecule has 3 aromatic rings. The van der Waals surface area contributed by atoms with Crippen molar-refractivity contribution in [1.29, 1.82) is 0 Å². The van der Waals surface area contributed by atoms with Crippen LogP contribution in [0.15, 0.2) is 66.9 Å². The Kier molecular flexibility index (Phi) is 9.77. The van der Waals surface area contributed by atoms with Crippen LogP contribution < -0.4 is 4.90 Å². The van der Waals surface area contributed by atoms with Gasteiger partial charge in [-0.05, 0) is 31.6 Å². The largest absolute Gasteiger partial charge is 0.373 e. The van der Waals surface area contributed by atoms with Crippen molar-refractivity contribution in [2.75, 3.05) is 24.7 Å². The molecule has 1 heterocycles. The highest BCUT2D eigenvalue weighted by molar-refractivity contribution is 5.80. The second kappa shape index (κ2) is 12.8. The normalized spacial score (nSPS) is 12.5. The monoisotopic (exact) mass is 487 g/mol. The van der Waals surface area contributed by atoms with Gasteiger partial charge < -0.3 is 9.64 Å². The van der Waals surface area contributed by atoms with Crippen LogP contribution in [0.3, 0.4) is 0 Å². The molecule has 1 aromatic heterocycles. The third kappa shape index (κ3) is 8.27. The highest BCUT2D eigenvalue weighted by Crippen LogP contribution is 2.31. The van der Waals surface area contributed by atoms with Gasteiger partial charge in [0.15, 0.2) is 5.78 Å². The van der Waals surface area contributed by atoms with Gasteiger partial charge in [0.25, 0.3) is 0 Å². The minimum absolute atomic E-state index is 0.000473. The lowest BCUT2D eigenvalue weighted by molar-refractivity contribution is -0.125. The maximum absolute atomic E-state index is 12.1. The fourth-order valence-corrected chi connectivity index (χ4v) is 4.22. The number of carbonyl (C=O) groups excluding carboxylic acids is 1. The number of benzene rings is 2. The summed E-state index contributed by atoms with van der Waals surface area (Å²) in [6.07, 6.45) is 3.37. The van der Waals surface area contributed by atoms with E-state index in [1.165, 1.54) is 0 Å². The van der Waals surface area contributed by atoms with Crippen LogP contribution >= 0.6 is 0 Å². The second-order valence-corrected chi connectivity index (χ2v) is 11.1. The topological polar surface area (TPSA) is 55.3 Å². The fourth-order valence-electron chi connectivity index (χ4n) is 4.22. The van der Waals surface area contributed by atoms with Gasteiger partial charge in [0.1, 0.15) is 12.4 Å². The molecule has 192 valence electrons. The molecule has 3 rings (SSSR count). The zero-order valence-corrected chi connectivity index (χ0v) is 22.7. The van der Waals surface area contributed by atoms with Gasteiger partial charge in [0.2, 0.25) is 0 Å². The Morgan fingerprint density at radius 2 is 1.50 bits per heavy atom. The van der Waals surface area contributed by atoms with Crippen LogP contribution in [0.25, 0.3) is 22.5 Å². The molecule has 0 spiro atoms. The molecule has 36 heavy (non-hydrogen) atoms. The molecular formula is C31H41N3O2. The van der Waals surface area contributed by atoms with Crippen LogP contribution in [0, 0.1) is 11.3 Å². The summed E-state index contributed by atoms with van der Waals surface area (Å²) in [4.78, 5) is 24.4. The summed E-state index contributed by atoms with van der Waals surface area (Å²) in [5, 5.41) is 0. The Morgan fingerprint density at radius 3 is 2.06 bits per heavy atom. The van der Waals surface area contributed by atoms with Gasteiger partial charge >= 0.3 is 0 Å². The Hall–Kier alpha value is -3.05. The smallest absolute Gasteiger partial charge is 0.158 e. The van der Waals surface area contributed by atoms with Crippen LogP contribution in [0.1, 0.15) is 54.4 Å². The number of aromatic nitrogens is 2. The predicted octanol–water partition coefficient (Wildman–Crippen LogP) is 7.07. The molecule has 0 amide bonds. The predicted molar refractivity (Wildman–Crippen MR) is 149 cm³/mol. The first-order chi connectivity index (χ1) is 17.1. The Morgan fingerprint density at radius 1 is 0.917 bits per heavy atom. The summed E-state index contributed by atoms with van der Waals surface area (Å²) >= 11 is 0. The Labute approximate surface area is 216 Å². The number of ether oxygens (including phenoxy) is 1.